The summed E-state index contributed by atoms with van der Waals surface area (Å²) in [6, 6.07) is 10.1. The Hall–Kier alpha value is -0.980. The molecule has 0 N–H and O–H groups in total. The molecule has 0 aliphatic rings. The molecule has 1 aromatic carbocycles. The summed E-state index contributed by atoms with van der Waals surface area (Å²) in [4.78, 5) is 0. The van der Waals surface area contributed by atoms with Crippen LogP contribution in [-0.2, 0) is 0 Å². The Bertz CT molecular complexity index is 277. The van der Waals surface area contributed by atoms with Gasteiger partial charge >= 0.3 is 0 Å². The fourth-order valence-corrected chi connectivity index (χ4v) is 1.84. The normalized spacial score (nSPS) is 11.4. The number of hydrogen-bond donors (Lipinski definition) is 0. The Morgan fingerprint density at radius 2 is 1.69 bits per heavy atom. The number of benzene rings is 1. The van der Waals surface area contributed by atoms with Crippen LogP contribution in [0.1, 0.15) is 52.9 Å². The second-order valence-corrected chi connectivity index (χ2v) is 4.99. The summed E-state index contributed by atoms with van der Waals surface area (Å²) >= 11 is 0. The van der Waals surface area contributed by atoms with Crippen molar-refractivity contribution < 1.29 is 4.74 Å². The van der Waals surface area contributed by atoms with Crippen molar-refractivity contribution in [2.24, 2.45) is 0 Å². The van der Waals surface area contributed by atoms with Crippen LogP contribution < -0.4 is 4.74 Å². The maximum atomic E-state index is 5.98. The van der Waals surface area contributed by atoms with Crippen molar-refractivity contribution in [1.29, 1.82) is 0 Å². The Balaban J connectivity index is 2.33. The van der Waals surface area contributed by atoms with Gasteiger partial charge in [-0.3, -0.25) is 0 Å². The Morgan fingerprint density at radius 3 is 2.31 bits per heavy atom. The molecule has 90 valence electrons. The first-order chi connectivity index (χ1) is 7.64. The second kappa shape index (κ2) is 6.57. The molecule has 1 aromatic rings. The number of hydrogen-bond acceptors (Lipinski definition) is 1. The van der Waals surface area contributed by atoms with E-state index >= 15 is 0 Å². The van der Waals surface area contributed by atoms with Crippen molar-refractivity contribution >= 4 is 0 Å². The third-order valence-corrected chi connectivity index (χ3v) is 2.77. The quantitative estimate of drug-likeness (QED) is 0.599. The molecule has 0 atom stereocenters. The summed E-state index contributed by atoms with van der Waals surface area (Å²) in [6.07, 6.45) is 6.33. The van der Waals surface area contributed by atoms with Gasteiger partial charge in [0.05, 0.1) is 0 Å². The molecule has 0 bridgehead atoms. The molecular weight excluding hydrogens is 196 g/mol. The number of ether oxygens (including phenoxy) is 1. The minimum absolute atomic E-state index is 0.0465. The van der Waals surface area contributed by atoms with Gasteiger partial charge in [-0.15, -0.1) is 0 Å². The van der Waals surface area contributed by atoms with Gasteiger partial charge in [-0.1, -0.05) is 44.4 Å². The molecule has 0 unspecified atom stereocenters. The van der Waals surface area contributed by atoms with E-state index in [4.69, 9.17) is 4.74 Å². The maximum absolute atomic E-state index is 5.98. The molecule has 0 amide bonds. The lowest BCUT2D eigenvalue weighted by Gasteiger charge is -2.26. The second-order valence-electron chi connectivity index (χ2n) is 4.99. The zero-order chi connectivity index (χ0) is 11.9. The van der Waals surface area contributed by atoms with Gasteiger partial charge in [0, 0.05) is 0 Å². The zero-order valence-corrected chi connectivity index (χ0v) is 10.8. The van der Waals surface area contributed by atoms with Crippen LogP contribution in [0, 0.1) is 0 Å². The van der Waals surface area contributed by atoms with Gasteiger partial charge in [0.25, 0.3) is 0 Å². The molecule has 0 spiro atoms. The number of unbranched alkanes of at least 4 members (excludes halogenated alkanes) is 3. The summed E-state index contributed by atoms with van der Waals surface area (Å²) in [7, 11) is 0. The first-order valence-corrected chi connectivity index (χ1v) is 6.38. The lowest BCUT2D eigenvalue weighted by atomic mass is 10.00. The monoisotopic (exact) mass is 220 g/mol. The van der Waals surface area contributed by atoms with Crippen molar-refractivity contribution in [2.75, 3.05) is 0 Å². The fourth-order valence-electron chi connectivity index (χ4n) is 1.84. The van der Waals surface area contributed by atoms with Crippen LogP contribution in [-0.4, -0.2) is 5.60 Å². The van der Waals surface area contributed by atoms with E-state index in [0.717, 1.165) is 12.2 Å². The molecule has 0 aromatic heterocycles. The highest BCUT2D eigenvalue weighted by Gasteiger charge is 2.18. The third kappa shape index (κ3) is 5.20. The van der Waals surface area contributed by atoms with Crippen LogP contribution in [0.4, 0.5) is 0 Å². The molecule has 0 aliphatic carbocycles. The number of para-hydroxylation sites is 1. The highest BCUT2D eigenvalue weighted by atomic mass is 16.5. The Morgan fingerprint density at radius 1 is 1.00 bits per heavy atom. The van der Waals surface area contributed by atoms with E-state index in [-0.39, 0.29) is 5.60 Å². The van der Waals surface area contributed by atoms with Gasteiger partial charge in [-0.25, -0.2) is 0 Å². The van der Waals surface area contributed by atoms with E-state index in [1.807, 2.05) is 30.3 Å². The summed E-state index contributed by atoms with van der Waals surface area (Å²) in [5.41, 5.74) is -0.0465. The van der Waals surface area contributed by atoms with Crippen LogP contribution in [0.15, 0.2) is 30.3 Å². The summed E-state index contributed by atoms with van der Waals surface area (Å²) in [6.45, 7) is 6.59. The maximum Gasteiger partial charge on any atom is 0.120 e. The van der Waals surface area contributed by atoms with Gasteiger partial charge in [0.15, 0.2) is 0 Å². The van der Waals surface area contributed by atoms with Gasteiger partial charge in [0.1, 0.15) is 11.4 Å². The van der Waals surface area contributed by atoms with Crippen molar-refractivity contribution in [3.8, 4) is 5.75 Å². The average Bonchev–Trinajstić information content (AvgIpc) is 2.25. The van der Waals surface area contributed by atoms with Gasteiger partial charge in [-0.05, 0) is 38.8 Å². The lowest BCUT2D eigenvalue weighted by Crippen LogP contribution is -2.27. The van der Waals surface area contributed by atoms with E-state index in [2.05, 4.69) is 20.8 Å². The van der Waals surface area contributed by atoms with Crippen molar-refractivity contribution in [3.63, 3.8) is 0 Å². The molecule has 0 saturated carbocycles. The summed E-state index contributed by atoms with van der Waals surface area (Å²) < 4.78 is 5.98. The predicted octanol–water partition coefficient (Wildman–Crippen LogP) is 4.81. The Labute approximate surface area is 99.8 Å². The van der Waals surface area contributed by atoms with E-state index < -0.39 is 0 Å². The Kier molecular flexibility index (Phi) is 5.37. The predicted molar refractivity (Wildman–Crippen MR) is 69.9 cm³/mol. The molecule has 0 fully saturated rings. The summed E-state index contributed by atoms with van der Waals surface area (Å²) in [5, 5.41) is 0. The van der Waals surface area contributed by atoms with Crippen LogP contribution in [0.3, 0.4) is 0 Å². The molecule has 0 saturated heterocycles. The smallest absolute Gasteiger partial charge is 0.120 e. The molecule has 0 aliphatic heterocycles. The standard InChI is InChI=1S/C15H24O/c1-4-5-6-10-13-15(2,3)16-14-11-8-7-9-12-14/h7-9,11-12H,4-6,10,13H2,1-3H3. The van der Waals surface area contributed by atoms with Crippen molar-refractivity contribution in [1.82, 2.24) is 0 Å². The SMILES string of the molecule is CCCCCCC(C)(C)Oc1ccccc1. The van der Waals surface area contributed by atoms with Crippen LogP contribution in [0.5, 0.6) is 5.75 Å². The van der Waals surface area contributed by atoms with E-state index in [1.165, 1.54) is 25.7 Å². The average molecular weight is 220 g/mol. The van der Waals surface area contributed by atoms with Gasteiger partial charge < -0.3 is 4.74 Å². The lowest BCUT2D eigenvalue weighted by molar-refractivity contribution is 0.0961. The first-order valence-electron chi connectivity index (χ1n) is 6.38. The van der Waals surface area contributed by atoms with Gasteiger partial charge in [-0.2, -0.15) is 0 Å². The molecule has 0 radical (unpaired) electrons. The van der Waals surface area contributed by atoms with Crippen LogP contribution >= 0.6 is 0 Å². The van der Waals surface area contributed by atoms with E-state index in [1.54, 1.807) is 0 Å². The molecule has 16 heavy (non-hydrogen) atoms. The molecule has 1 rings (SSSR count). The van der Waals surface area contributed by atoms with Crippen molar-refractivity contribution in [3.05, 3.63) is 30.3 Å². The largest absolute Gasteiger partial charge is 0.488 e. The summed E-state index contributed by atoms with van der Waals surface area (Å²) in [5.74, 6) is 0.975. The number of rotatable bonds is 7. The van der Waals surface area contributed by atoms with Gasteiger partial charge in [0.2, 0.25) is 0 Å². The third-order valence-electron chi connectivity index (χ3n) is 2.77. The first kappa shape index (κ1) is 13.1. The molecule has 1 nitrogen and oxygen atoms in total. The fraction of sp³-hybridized carbons (Fsp3) is 0.600. The van der Waals surface area contributed by atoms with Crippen LogP contribution in [0.25, 0.3) is 0 Å². The van der Waals surface area contributed by atoms with E-state index in [0.29, 0.717) is 0 Å². The topological polar surface area (TPSA) is 9.23 Å². The van der Waals surface area contributed by atoms with Crippen LogP contribution in [0.2, 0.25) is 0 Å². The molecule has 1 heteroatoms. The minimum Gasteiger partial charge on any atom is -0.488 e. The van der Waals surface area contributed by atoms with Crippen molar-refractivity contribution in [2.45, 2.75) is 58.5 Å². The highest BCUT2D eigenvalue weighted by Crippen LogP contribution is 2.22. The minimum atomic E-state index is -0.0465. The molecular formula is C15H24O. The zero-order valence-electron chi connectivity index (χ0n) is 10.8. The van der Waals surface area contributed by atoms with E-state index in [9.17, 15) is 0 Å². The molecule has 0 heterocycles. The highest BCUT2D eigenvalue weighted by molar-refractivity contribution is 5.21.